The van der Waals surface area contributed by atoms with Crippen LogP contribution in [0.5, 0.6) is 0 Å². The van der Waals surface area contributed by atoms with E-state index in [4.69, 9.17) is 0 Å². The van der Waals surface area contributed by atoms with E-state index in [1.807, 2.05) is 17.6 Å². The van der Waals surface area contributed by atoms with E-state index < -0.39 is 0 Å². The van der Waals surface area contributed by atoms with Crippen molar-refractivity contribution in [2.24, 2.45) is 0 Å². The van der Waals surface area contributed by atoms with E-state index in [-0.39, 0.29) is 4.87 Å². The number of fused-ring (bicyclic) bond motifs is 1. The number of hydrogen-bond acceptors (Lipinski definition) is 4. The van der Waals surface area contributed by atoms with Crippen molar-refractivity contribution in [2.45, 2.75) is 31.8 Å². The van der Waals surface area contributed by atoms with Gasteiger partial charge in [-0.1, -0.05) is 17.4 Å². The summed E-state index contributed by atoms with van der Waals surface area (Å²) in [5, 5.41) is 5.35. The summed E-state index contributed by atoms with van der Waals surface area (Å²) < 4.78 is 0. The lowest BCUT2D eigenvalue weighted by atomic mass is 9.92. The summed E-state index contributed by atoms with van der Waals surface area (Å²) in [5.41, 5.74) is 3.47. The molecule has 0 saturated heterocycles. The highest BCUT2D eigenvalue weighted by Crippen LogP contribution is 2.27. The number of nitrogens with one attached hydrogen (secondary N) is 2. The largest absolute Gasteiger partial charge is 0.315 e. The number of nitrogens with zero attached hydrogens (tertiary/aromatic N) is 1. The standard InChI is InChI=1S/C13H15N3OS/c17-13-16-10(8-18-13)7-15-11-5-1-3-9-4-2-6-14-12(9)11/h2,4,6,8,11,15H,1,3,5,7H2,(H,16,17). The van der Waals surface area contributed by atoms with Gasteiger partial charge in [0, 0.05) is 23.8 Å². The molecular formula is C13H15N3OS. The van der Waals surface area contributed by atoms with Gasteiger partial charge in [0.25, 0.3) is 0 Å². The molecule has 4 nitrogen and oxygen atoms in total. The maximum Gasteiger partial charge on any atom is 0.304 e. The zero-order valence-electron chi connectivity index (χ0n) is 9.98. The van der Waals surface area contributed by atoms with Crippen LogP contribution in [0.4, 0.5) is 0 Å². The van der Waals surface area contributed by atoms with E-state index in [2.05, 4.69) is 21.4 Å². The molecule has 3 rings (SSSR count). The van der Waals surface area contributed by atoms with Crippen molar-refractivity contribution in [3.63, 3.8) is 0 Å². The van der Waals surface area contributed by atoms with Crippen molar-refractivity contribution >= 4 is 11.3 Å². The first kappa shape index (κ1) is 11.6. The normalized spacial score (nSPS) is 18.6. The molecule has 1 aliphatic carbocycles. The number of aromatic amines is 1. The average Bonchev–Trinajstić information content (AvgIpc) is 2.82. The number of hydrogen-bond donors (Lipinski definition) is 2. The lowest BCUT2D eigenvalue weighted by Crippen LogP contribution is -2.26. The van der Waals surface area contributed by atoms with Crippen LogP contribution in [0.2, 0.25) is 0 Å². The van der Waals surface area contributed by atoms with E-state index >= 15 is 0 Å². The maximum atomic E-state index is 11.1. The molecule has 2 heterocycles. The average molecular weight is 261 g/mol. The molecule has 18 heavy (non-hydrogen) atoms. The van der Waals surface area contributed by atoms with Gasteiger partial charge in [-0.3, -0.25) is 9.78 Å². The fourth-order valence-corrected chi connectivity index (χ4v) is 3.02. The first-order chi connectivity index (χ1) is 8.83. The second-order valence-electron chi connectivity index (χ2n) is 4.55. The molecule has 0 spiro atoms. The number of thiazole rings is 1. The minimum absolute atomic E-state index is 0.00830. The summed E-state index contributed by atoms with van der Waals surface area (Å²) >= 11 is 1.21. The van der Waals surface area contributed by atoms with E-state index in [1.54, 1.807) is 0 Å². The summed E-state index contributed by atoms with van der Waals surface area (Å²) in [6, 6.07) is 4.46. The van der Waals surface area contributed by atoms with Gasteiger partial charge in [-0.2, -0.15) is 0 Å². The smallest absolute Gasteiger partial charge is 0.304 e. The van der Waals surface area contributed by atoms with Crippen molar-refractivity contribution < 1.29 is 0 Å². The third-order valence-electron chi connectivity index (χ3n) is 3.30. The van der Waals surface area contributed by atoms with E-state index in [0.717, 1.165) is 18.5 Å². The van der Waals surface area contributed by atoms with Crippen molar-refractivity contribution in [2.75, 3.05) is 0 Å². The number of H-pyrrole nitrogens is 1. The monoisotopic (exact) mass is 261 g/mol. The molecule has 1 unspecified atom stereocenters. The molecular weight excluding hydrogens is 246 g/mol. The van der Waals surface area contributed by atoms with Gasteiger partial charge >= 0.3 is 4.87 Å². The molecule has 94 valence electrons. The molecule has 0 bridgehead atoms. The minimum Gasteiger partial charge on any atom is -0.315 e. The van der Waals surface area contributed by atoms with Gasteiger partial charge in [0.15, 0.2) is 0 Å². The molecule has 0 radical (unpaired) electrons. The van der Waals surface area contributed by atoms with Crippen LogP contribution < -0.4 is 10.2 Å². The van der Waals surface area contributed by atoms with Gasteiger partial charge < -0.3 is 10.3 Å². The van der Waals surface area contributed by atoms with Gasteiger partial charge in [-0.25, -0.2) is 0 Å². The molecule has 0 fully saturated rings. The van der Waals surface area contributed by atoms with Crippen molar-refractivity contribution in [1.29, 1.82) is 0 Å². The number of pyridine rings is 1. The fourth-order valence-electron chi connectivity index (χ4n) is 2.44. The number of aromatic nitrogens is 2. The van der Waals surface area contributed by atoms with Gasteiger partial charge in [0.05, 0.1) is 11.7 Å². The quantitative estimate of drug-likeness (QED) is 0.888. The Morgan fingerprint density at radius 2 is 2.50 bits per heavy atom. The lowest BCUT2D eigenvalue weighted by Gasteiger charge is -2.24. The van der Waals surface area contributed by atoms with Crippen LogP contribution in [0.1, 0.15) is 35.8 Å². The van der Waals surface area contributed by atoms with Crippen LogP contribution >= 0.6 is 11.3 Å². The Hall–Kier alpha value is -1.46. The van der Waals surface area contributed by atoms with E-state index in [0.29, 0.717) is 12.6 Å². The highest BCUT2D eigenvalue weighted by molar-refractivity contribution is 7.07. The van der Waals surface area contributed by atoms with Crippen molar-refractivity contribution in [3.05, 3.63) is 50.3 Å². The number of rotatable bonds is 3. The maximum absolute atomic E-state index is 11.1. The number of aryl methyl sites for hydroxylation is 1. The zero-order chi connectivity index (χ0) is 12.4. The predicted molar refractivity (Wildman–Crippen MR) is 71.7 cm³/mol. The van der Waals surface area contributed by atoms with Crippen molar-refractivity contribution in [3.8, 4) is 0 Å². The molecule has 0 aromatic carbocycles. The SMILES string of the molecule is O=c1[nH]c(CNC2CCCc3cccnc32)cs1. The molecule has 2 N–H and O–H groups in total. The summed E-state index contributed by atoms with van der Waals surface area (Å²) in [5.74, 6) is 0. The molecule has 0 aliphatic heterocycles. The van der Waals surface area contributed by atoms with Crippen LogP contribution in [0.25, 0.3) is 0 Å². The lowest BCUT2D eigenvalue weighted by molar-refractivity contribution is 0.445. The third kappa shape index (κ3) is 2.37. The van der Waals surface area contributed by atoms with Gasteiger partial charge in [-0.15, -0.1) is 0 Å². The Kier molecular flexibility index (Phi) is 3.25. The second-order valence-corrected chi connectivity index (χ2v) is 5.39. The van der Waals surface area contributed by atoms with Gasteiger partial charge in [-0.05, 0) is 30.9 Å². The Morgan fingerprint density at radius 3 is 3.33 bits per heavy atom. The Morgan fingerprint density at radius 1 is 1.56 bits per heavy atom. The molecule has 2 aromatic rings. The van der Waals surface area contributed by atoms with Crippen molar-refractivity contribution in [1.82, 2.24) is 15.3 Å². The van der Waals surface area contributed by atoms with Crippen LogP contribution in [0, 0.1) is 0 Å². The molecule has 1 atom stereocenters. The highest BCUT2D eigenvalue weighted by Gasteiger charge is 2.20. The minimum atomic E-state index is 0.00830. The zero-order valence-corrected chi connectivity index (χ0v) is 10.8. The summed E-state index contributed by atoms with van der Waals surface area (Å²) in [4.78, 5) is 18.4. The highest BCUT2D eigenvalue weighted by atomic mass is 32.1. The molecule has 0 saturated carbocycles. The van der Waals surface area contributed by atoms with Crippen LogP contribution in [-0.2, 0) is 13.0 Å². The topological polar surface area (TPSA) is 57.8 Å². The Labute approximate surface area is 109 Å². The molecule has 5 heteroatoms. The predicted octanol–water partition coefficient (Wildman–Crippen LogP) is 2.00. The summed E-state index contributed by atoms with van der Waals surface area (Å²) in [6.07, 6.45) is 5.27. The Balaban J connectivity index is 1.72. The molecule has 2 aromatic heterocycles. The molecule has 0 amide bonds. The second kappa shape index (κ2) is 5.04. The third-order valence-corrected chi connectivity index (χ3v) is 4.02. The van der Waals surface area contributed by atoms with Crippen LogP contribution in [-0.4, -0.2) is 9.97 Å². The summed E-state index contributed by atoms with van der Waals surface area (Å²) in [7, 11) is 0. The van der Waals surface area contributed by atoms with Gasteiger partial charge in [0.1, 0.15) is 0 Å². The van der Waals surface area contributed by atoms with E-state index in [1.165, 1.54) is 29.0 Å². The Bertz CT molecular complexity index is 590. The molecule has 1 aliphatic rings. The van der Waals surface area contributed by atoms with E-state index in [9.17, 15) is 4.79 Å². The van der Waals surface area contributed by atoms with Crippen LogP contribution in [0.15, 0.2) is 28.5 Å². The van der Waals surface area contributed by atoms with Crippen LogP contribution in [0.3, 0.4) is 0 Å². The first-order valence-electron chi connectivity index (χ1n) is 6.17. The first-order valence-corrected chi connectivity index (χ1v) is 7.05. The fraction of sp³-hybridized carbons (Fsp3) is 0.385. The van der Waals surface area contributed by atoms with Gasteiger partial charge in [0.2, 0.25) is 0 Å². The summed E-state index contributed by atoms with van der Waals surface area (Å²) in [6.45, 7) is 0.694.